The zero-order valence-corrected chi connectivity index (χ0v) is 11.9. The number of para-hydroxylation sites is 2. The Morgan fingerprint density at radius 1 is 1.00 bits per heavy atom. The maximum absolute atomic E-state index is 12.2. The Hall–Kier alpha value is -2.88. The highest BCUT2D eigenvalue weighted by Crippen LogP contribution is 2.13. The number of anilines is 1. The average Bonchev–Trinajstić information content (AvgIpc) is 2.55. The van der Waals surface area contributed by atoms with Gasteiger partial charge in [0, 0.05) is 24.0 Å². The first-order valence-electron chi connectivity index (χ1n) is 7.09. The highest BCUT2D eigenvalue weighted by atomic mass is 16.4. The number of fused-ring (bicyclic) bond motifs is 1. The molecule has 1 N–H and O–H groups in total. The van der Waals surface area contributed by atoms with Gasteiger partial charge < -0.3 is 9.73 Å². The predicted octanol–water partition coefficient (Wildman–Crippen LogP) is 3.48. The lowest BCUT2D eigenvalue weighted by atomic mass is 10.1. The summed E-state index contributed by atoms with van der Waals surface area (Å²) in [6.45, 7) is 0.467. The zero-order chi connectivity index (χ0) is 15.4. The summed E-state index contributed by atoms with van der Waals surface area (Å²) < 4.78 is 5.18. The van der Waals surface area contributed by atoms with Crippen LogP contribution in [0.4, 0.5) is 5.69 Å². The third-order valence-electron chi connectivity index (χ3n) is 3.40. The number of Topliss-reactive ketones (excluding diaryl/α,β-unsaturated/α-hetero) is 1. The molecule has 0 aliphatic heterocycles. The Bertz CT molecular complexity index is 853. The van der Waals surface area contributed by atoms with Crippen molar-refractivity contribution < 1.29 is 9.21 Å². The van der Waals surface area contributed by atoms with Crippen LogP contribution in [0.25, 0.3) is 11.0 Å². The van der Waals surface area contributed by atoms with Gasteiger partial charge in [-0.25, -0.2) is 4.79 Å². The summed E-state index contributed by atoms with van der Waals surface area (Å²) in [5, 5.41) is 3.90. The van der Waals surface area contributed by atoms with Crippen LogP contribution in [0.15, 0.2) is 69.9 Å². The first kappa shape index (κ1) is 14.1. The predicted molar refractivity (Wildman–Crippen MR) is 86.4 cm³/mol. The fraction of sp³-hybridized carbons (Fsp3) is 0.111. The van der Waals surface area contributed by atoms with Crippen LogP contribution in [0.5, 0.6) is 0 Å². The minimum atomic E-state index is -0.580. The number of ketones is 1. The van der Waals surface area contributed by atoms with Gasteiger partial charge in [0.05, 0.1) is 0 Å². The average molecular weight is 293 g/mol. The van der Waals surface area contributed by atoms with E-state index in [0.29, 0.717) is 12.1 Å². The first-order valence-corrected chi connectivity index (χ1v) is 7.09. The summed E-state index contributed by atoms with van der Waals surface area (Å²) in [4.78, 5) is 24.1. The van der Waals surface area contributed by atoms with E-state index in [9.17, 15) is 9.59 Å². The Morgan fingerprint density at radius 2 is 1.73 bits per heavy atom. The lowest BCUT2D eigenvalue weighted by Gasteiger charge is -2.05. The monoisotopic (exact) mass is 293 g/mol. The number of carbonyl (C=O) groups excluding carboxylic acids is 1. The van der Waals surface area contributed by atoms with Crippen molar-refractivity contribution in [2.75, 3.05) is 11.9 Å². The van der Waals surface area contributed by atoms with Crippen LogP contribution in [0, 0.1) is 0 Å². The molecule has 1 aromatic heterocycles. The van der Waals surface area contributed by atoms with Crippen LogP contribution in [-0.4, -0.2) is 12.3 Å². The molecule has 0 bridgehead atoms. The zero-order valence-electron chi connectivity index (χ0n) is 11.9. The van der Waals surface area contributed by atoms with Crippen molar-refractivity contribution in [3.63, 3.8) is 0 Å². The summed E-state index contributed by atoms with van der Waals surface area (Å²) in [5.41, 5.74) is 0.962. The molecular weight excluding hydrogens is 278 g/mol. The van der Waals surface area contributed by atoms with Crippen molar-refractivity contribution in [2.24, 2.45) is 0 Å². The second-order valence-electron chi connectivity index (χ2n) is 4.95. The van der Waals surface area contributed by atoms with E-state index in [-0.39, 0.29) is 17.8 Å². The van der Waals surface area contributed by atoms with Crippen molar-refractivity contribution in [1.82, 2.24) is 0 Å². The summed E-state index contributed by atoms with van der Waals surface area (Å²) in [6.07, 6.45) is 0.234. The summed E-state index contributed by atoms with van der Waals surface area (Å²) in [5.74, 6) is -0.220. The Labute approximate surface area is 127 Å². The Balaban J connectivity index is 1.72. The lowest BCUT2D eigenvalue weighted by molar-refractivity contribution is 0.0983. The molecule has 4 heteroatoms. The number of benzene rings is 2. The molecule has 0 atom stereocenters. The van der Waals surface area contributed by atoms with Crippen molar-refractivity contribution >= 4 is 22.4 Å². The van der Waals surface area contributed by atoms with Crippen molar-refractivity contribution in [3.05, 3.63) is 76.6 Å². The second-order valence-corrected chi connectivity index (χ2v) is 4.95. The molecule has 0 fully saturated rings. The molecule has 4 nitrogen and oxygen atoms in total. The van der Waals surface area contributed by atoms with Crippen LogP contribution in [0.2, 0.25) is 0 Å². The topological polar surface area (TPSA) is 59.3 Å². The molecule has 0 spiro atoms. The number of hydrogen-bond donors (Lipinski definition) is 1. The summed E-state index contributed by atoms with van der Waals surface area (Å²) in [6, 6.07) is 18.4. The van der Waals surface area contributed by atoms with E-state index in [1.54, 1.807) is 18.2 Å². The van der Waals surface area contributed by atoms with Crippen molar-refractivity contribution in [1.29, 1.82) is 0 Å². The second kappa shape index (κ2) is 6.26. The van der Waals surface area contributed by atoms with Gasteiger partial charge in [-0.1, -0.05) is 36.4 Å². The van der Waals surface area contributed by atoms with Gasteiger partial charge in [0.15, 0.2) is 5.78 Å². The summed E-state index contributed by atoms with van der Waals surface area (Å²) in [7, 11) is 0. The molecular formula is C18H15NO3. The molecule has 0 saturated heterocycles. The van der Waals surface area contributed by atoms with E-state index in [1.807, 2.05) is 42.5 Å². The van der Waals surface area contributed by atoms with E-state index >= 15 is 0 Å². The molecule has 0 amide bonds. The largest absolute Gasteiger partial charge is 0.422 e. The van der Waals surface area contributed by atoms with Gasteiger partial charge in [0.25, 0.3) is 0 Å². The quantitative estimate of drug-likeness (QED) is 0.578. The van der Waals surface area contributed by atoms with Crippen LogP contribution >= 0.6 is 0 Å². The molecule has 110 valence electrons. The van der Waals surface area contributed by atoms with Crippen LogP contribution < -0.4 is 10.9 Å². The fourth-order valence-electron chi connectivity index (χ4n) is 2.27. The van der Waals surface area contributed by atoms with Gasteiger partial charge in [-0.3, -0.25) is 4.79 Å². The standard InChI is InChI=1S/C18H15NO3/c20-16(10-11-19-14-7-2-1-3-8-14)15-12-13-6-4-5-9-17(13)22-18(15)21/h1-9,12,19H,10-11H2. The van der Waals surface area contributed by atoms with Crippen LogP contribution in [-0.2, 0) is 0 Å². The third kappa shape index (κ3) is 3.06. The maximum Gasteiger partial charge on any atom is 0.347 e. The van der Waals surface area contributed by atoms with Gasteiger partial charge in [0.1, 0.15) is 11.1 Å². The maximum atomic E-state index is 12.2. The van der Waals surface area contributed by atoms with E-state index in [1.165, 1.54) is 0 Å². The molecule has 22 heavy (non-hydrogen) atoms. The summed E-state index contributed by atoms with van der Waals surface area (Å²) >= 11 is 0. The SMILES string of the molecule is O=C(CCNc1ccccc1)c1cc2ccccc2oc1=O. The molecule has 0 saturated carbocycles. The Morgan fingerprint density at radius 3 is 2.55 bits per heavy atom. The molecule has 0 aliphatic carbocycles. The molecule has 0 aliphatic rings. The Kier molecular flexibility index (Phi) is 4.01. The van der Waals surface area contributed by atoms with Gasteiger partial charge in [0.2, 0.25) is 0 Å². The lowest BCUT2D eigenvalue weighted by Crippen LogP contribution is -2.16. The minimum absolute atomic E-state index is 0.105. The smallest absolute Gasteiger partial charge is 0.347 e. The first-order chi connectivity index (χ1) is 10.7. The minimum Gasteiger partial charge on any atom is -0.422 e. The highest BCUT2D eigenvalue weighted by Gasteiger charge is 2.13. The van der Waals surface area contributed by atoms with Gasteiger partial charge in [-0.05, 0) is 24.3 Å². The molecule has 0 unspecified atom stereocenters. The number of nitrogens with one attached hydrogen (secondary N) is 1. The van der Waals surface area contributed by atoms with Crippen LogP contribution in [0.1, 0.15) is 16.8 Å². The third-order valence-corrected chi connectivity index (χ3v) is 3.40. The van der Waals surface area contributed by atoms with E-state index in [4.69, 9.17) is 4.42 Å². The fourth-order valence-corrected chi connectivity index (χ4v) is 2.27. The van der Waals surface area contributed by atoms with E-state index in [2.05, 4.69) is 5.32 Å². The van der Waals surface area contributed by atoms with Gasteiger partial charge >= 0.3 is 5.63 Å². The number of rotatable bonds is 5. The number of hydrogen-bond acceptors (Lipinski definition) is 4. The molecule has 0 radical (unpaired) electrons. The molecule has 3 aromatic rings. The van der Waals surface area contributed by atoms with Crippen molar-refractivity contribution in [3.8, 4) is 0 Å². The van der Waals surface area contributed by atoms with Crippen molar-refractivity contribution in [2.45, 2.75) is 6.42 Å². The van der Waals surface area contributed by atoms with Crippen LogP contribution in [0.3, 0.4) is 0 Å². The van der Waals surface area contributed by atoms with Gasteiger partial charge in [-0.2, -0.15) is 0 Å². The van der Waals surface area contributed by atoms with Gasteiger partial charge in [-0.15, -0.1) is 0 Å². The number of carbonyl (C=O) groups is 1. The van der Waals surface area contributed by atoms with E-state index in [0.717, 1.165) is 11.1 Å². The normalized spacial score (nSPS) is 10.5. The van der Waals surface area contributed by atoms with E-state index < -0.39 is 5.63 Å². The molecule has 3 rings (SSSR count). The molecule has 2 aromatic carbocycles. The highest BCUT2D eigenvalue weighted by molar-refractivity contribution is 5.98. The molecule has 1 heterocycles.